The van der Waals surface area contributed by atoms with Gasteiger partial charge >= 0.3 is 0 Å². The third-order valence-electron chi connectivity index (χ3n) is 18.3. The average Bonchev–Trinajstić information content (AvgIpc) is 0.804. The molecule has 27 nitrogen and oxygen atoms in total. The van der Waals surface area contributed by atoms with E-state index in [2.05, 4.69) is 26.6 Å². The third-order valence-corrected chi connectivity index (χ3v) is 18.3. The molecular weight excluding hydrogens is 1260 g/mol. The Morgan fingerprint density at radius 1 is 0.531 bits per heavy atom. The molecular formula is C71H130N12O15. The summed E-state index contributed by atoms with van der Waals surface area (Å²) in [5, 5.41) is 47.8. The first-order valence-electron chi connectivity index (χ1n) is 35.2. The number of rotatable bonds is 24. The number of ether oxygens (including phenoxy) is 1. The Morgan fingerprint density at radius 2 is 0.980 bits per heavy atom. The van der Waals surface area contributed by atoms with Crippen LogP contribution >= 0.6 is 0 Å². The van der Waals surface area contributed by atoms with Gasteiger partial charge in [0.15, 0.2) is 0 Å². The molecule has 1 fully saturated rings. The Morgan fingerprint density at radius 3 is 1.46 bits per heavy atom. The van der Waals surface area contributed by atoms with Gasteiger partial charge in [0.25, 0.3) is 0 Å². The molecule has 1 heterocycles. The number of likely N-dealkylation sites (N-methyl/N-ethyl adjacent to an activating group) is 7. The first-order chi connectivity index (χ1) is 45.2. The van der Waals surface area contributed by atoms with E-state index >= 15 is 28.8 Å². The molecule has 0 bridgehead atoms. The first-order valence-corrected chi connectivity index (χ1v) is 35.2. The maximum absolute atomic E-state index is 15.4. The zero-order valence-electron chi connectivity index (χ0n) is 64.4. The van der Waals surface area contributed by atoms with Crippen LogP contribution in [0.15, 0.2) is 12.2 Å². The van der Waals surface area contributed by atoms with Gasteiger partial charge in [-0.2, -0.15) is 0 Å². The summed E-state index contributed by atoms with van der Waals surface area (Å²) in [6, 6.07) is -14.9. The Labute approximate surface area is 586 Å². The van der Waals surface area contributed by atoms with Crippen molar-refractivity contribution in [3.05, 3.63) is 12.2 Å². The van der Waals surface area contributed by atoms with Crippen LogP contribution in [0, 0.1) is 40.9 Å². The lowest BCUT2D eigenvalue weighted by Gasteiger charge is -2.41. The van der Waals surface area contributed by atoms with Crippen molar-refractivity contribution in [1.82, 2.24) is 60.9 Å². The smallest absolute Gasteiger partial charge is 0.248 e. The number of amides is 11. The molecule has 564 valence electrons. The molecule has 98 heavy (non-hydrogen) atoms. The van der Waals surface area contributed by atoms with Crippen LogP contribution in [0.1, 0.15) is 176 Å². The van der Waals surface area contributed by atoms with E-state index in [-0.39, 0.29) is 69.5 Å². The number of nitrogens with zero attached hydrogens (tertiary/aromatic N) is 7. The summed E-state index contributed by atoms with van der Waals surface area (Å²) in [5.41, 5.74) is -2.04. The second-order valence-corrected chi connectivity index (χ2v) is 30.6. The van der Waals surface area contributed by atoms with E-state index < -0.39 is 173 Å². The van der Waals surface area contributed by atoms with E-state index in [4.69, 9.17) is 4.74 Å². The lowest BCUT2D eigenvalue weighted by molar-refractivity contribution is -0.157. The number of aliphatic hydroxyl groups is 3. The molecule has 1 rings (SSSR count). The summed E-state index contributed by atoms with van der Waals surface area (Å²) < 4.78 is 6.15. The summed E-state index contributed by atoms with van der Waals surface area (Å²) >= 11 is 0. The second-order valence-electron chi connectivity index (χ2n) is 30.6. The van der Waals surface area contributed by atoms with Gasteiger partial charge in [-0.15, -0.1) is 0 Å². The van der Waals surface area contributed by atoms with Crippen molar-refractivity contribution in [3.8, 4) is 0 Å². The third kappa shape index (κ3) is 26.7. The molecule has 11 amide bonds. The zero-order valence-corrected chi connectivity index (χ0v) is 64.4. The Balaban J connectivity index is 4.57. The van der Waals surface area contributed by atoms with Crippen molar-refractivity contribution in [2.24, 2.45) is 40.9 Å². The van der Waals surface area contributed by atoms with Gasteiger partial charge in [0.2, 0.25) is 65.0 Å². The van der Waals surface area contributed by atoms with Crippen molar-refractivity contribution in [2.45, 2.75) is 255 Å². The number of carbonyl (C=O) groups is 11. The van der Waals surface area contributed by atoms with E-state index in [1.807, 2.05) is 55.4 Å². The van der Waals surface area contributed by atoms with Gasteiger partial charge in [0.1, 0.15) is 66.5 Å². The van der Waals surface area contributed by atoms with Crippen molar-refractivity contribution in [3.63, 3.8) is 0 Å². The zero-order chi connectivity index (χ0) is 75.9. The predicted octanol–water partition coefficient (Wildman–Crippen LogP) is 2.77. The van der Waals surface area contributed by atoms with Crippen molar-refractivity contribution < 1.29 is 72.8 Å². The molecule has 0 aromatic carbocycles. The van der Waals surface area contributed by atoms with Crippen molar-refractivity contribution in [1.29, 1.82) is 0 Å². The number of carbonyl (C=O) groups excluding carboxylic acids is 11. The van der Waals surface area contributed by atoms with E-state index in [0.717, 1.165) is 14.7 Å². The van der Waals surface area contributed by atoms with E-state index in [1.165, 1.54) is 96.6 Å². The monoisotopic (exact) mass is 1390 g/mol. The fraction of sp³-hybridized carbons (Fsp3) is 0.817. The van der Waals surface area contributed by atoms with Gasteiger partial charge in [-0.25, -0.2) is 0 Å². The summed E-state index contributed by atoms with van der Waals surface area (Å²) in [7, 11) is 9.66. The van der Waals surface area contributed by atoms with Crippen LogP contribution in [0.5, 0.6) is 0 Å². The Kier molecular flexibility index (Phi) is 37.4. The fourth-order valence-corrected chi connectivity index (χ4v) is 12.0. The number of nitrogens with one attached hydrogen (secondary N) is 5. The molecule has 0 aromatic heterocycles. The minimum atomic E-state index is -1.70. The Bertz CT molecular complexity index is 2660. The van der Waals surface area contributed by atoms with Crippen molar-refractivity contribution >= 4 is 65.0 Å². The van der Waals surface area contributed by atoms with Crippen LogP contribution < -0.4 is 26.6 Å². The molecule has 13 atom stereocenters. The molecule has 0 saturated carbocycles. The summed E-state index contributed by atoms with van der Waals surface area (Å²) in [6.07, 6.45) is 2.55. The van der Waals surface area contributed by atoms with Gasteiger partial charge in [0, 0.05) is 80.9 Å². The van der Waals surface area contributed by atoms with Crippen molar-refractivity contribution in [2.75, 3.05) is 82.2 Å². The molecule has 8 N–H and O–H groups in total. The van der Waals surface area contributed by atoms with Crippen LogP contribution in [0.3, 0.4) is 0 Å². The summed E-state index contributed by atoms with van der Waals surface area (Å²) in [5.74, 6) is -10.8. The number of aliphatic hydroxyl groups excluding tert-OH is 2. The van der Waals surface area contributed by atoms with Crippen LogP contribution in [0.2, 0.25) is 0 Å². The van der Waals surface area contributed by atoms with Crippen LogP contribution in [0.4, 0.5) is 0 Å². The van der Waals surface area contributed by atoms with Crippen LogP contribution in [-0.4, -0.2) is 275 Å². The molecule has 0 unspecified atom stereocenters. The van der Waals surface area contributed by atoms with E-state index in [9.17, 15) is 39.3 Å². The molecule has 0 aromatic rings. The number of allylic oxidation sites excluding steroid dienone is 2. The molecule has 1 saturated heterocycles. The number of hydrogen-bond donors (Lipinski definition) is 8. The lowest BCUT2D eigenvalue weighted by atomic mass is 9.91. The maximum atomic E-state index is 15.4. The SMILES string of the molecule is C/C=C/C[C@@H](C)[C@@H](O)[C@H]1C(=O)N[C@@H](CC)C(=O)N(C)[C@H](COCCCNCC(C)(C)CO)C(=O)N(C)[C@@H](CC(C)(C)O)C(=O)N[C@@H](C(C)C)C(=O)N(C)[C@@H](CC(C)C)C(=O)N[C@@H](C)C(=O)N[C@H](C)C(=O)N(C)[C@@H](CC(C)C)C(=O)N(C)[C@@H](CC(C)C)C(=O)N(C)[C@@H](C(C)C)C(=O)N1C. The van der Waals surface area contributed by atoms with Gasteiger partial charge in [-0.3, -0.25) is 52.7 Å². The number of hydrogen-bond acceptors (Lipinski definition) is 16. The molecule has 0 radical (unpaired) electrons. The highest BCUT2D eigenvalue weighted by molar-refractivity contribution is 6.00. The normalized spacial score (nSPS) is 26.0. The second kappa shape index (κ2) is 40.8. The fourth-order valence-electron chi connectivity index (χ4n) is 12.0. The highest BCUT2D eigenvalue weighted by Crippen LogP contribution is 2.27. The molecule has 1 aliphatic heterocycles. The maximum Gasteiger partial charge on any atom is 0.248 e. The molecule has 0 aliphatic carbocycles. The summed E-state index contributed by atoms with van der Waals surface area (Å²) in [6.45, 7) is 33.0. The largest absolute Gasteiger partial charge is 0.396 e. The quantitative estimate of drug-likeness (QED) is 0.0509. The average molecular weight is 1390 g/mol. The highest BCUT2D eigenvalue weighted by atomic mass is 16.5. The summed E-state index contributed by atoms with van der Waals surface area (Å²) in [4.78, 5) is 172. The Hall–Kier alpha value is -6.29. The van der Waals surface area contributed by atoms with E-state index in [0.29, 0.717) is 19.5 Å². The topological polar surface area (TPSA) is 341 Å². The molecule has 27 heteroatoms. The van der Waals surface area contributed by atoms with Crippen LogP contribution in [-0.2, 0) is 57.5 Å². The van der Waals surface area contributed by atoms with Gasteiger partial charge in [-0.1, -0.05) is 109 Å². The highest BCUT2D eigenvalue weighted by Gasteiger charge is 2.47. The first kappa shape index (κ1) is 89.7. The predicted molar refractivity (Wildman–Crippen MR) is 378 cm³/mol. The minimum absolute atomic E-state index is 0.0554. The van der Waals surface area contributed by atoms with Gasteiger partial charge in [-0.05, 0) is 115 Å². The van der Waals surface area contributed by atoms with Crippen LogP contribution in [0.25, 0.3) is 0 Å². The minimum Gasteiger partial charge on any atom is -0.396 e. The lowest BCUT2D eigenvalue weighted by Crippen LogP contribution is -2.64. The molecule has 1 aliphatic rings. The van der Waals surface area contributed by atoms with Gasteiger partial charge < -0.3 is 80.9 Å². The van der Waals surface area contributed by atoms with E-state index in [1.54, 1.807) is 60.6 Å². The van der Waals surface area contributed by atoms with Gasteiger partial charge in [0.05, 0.1) is 18.3 Å². The molecule has 0 spiro atoms. The standard InChI is InChI=1S/C71H130N12O15/c1-27-29-31-46(13)58(85)57-62(89)75-49(28-2)64(91)81(24)54(38-98-33-30-32-72-39-70(16,17)40-84)67(94)80(23)53(37-71(18,19)97)61(88)76-55(44(9)10)68(95)77(20)50(34-41(3)4)60(87)73-47(14)59(86)74-48(15)63(90)78(21)51(35-42(5)6)65(92)79(22)52(36-43(7)8)66(93)82(25)56(45(11)12)69(96)83(57)26/h27,29,41-58,72,84-85,97H,28,30-40H2,1-26H3,(H,73,87)(H,74,86)(H,75,89)(H,76,88)/b29-27+/t46-,47+,48-,49+,50+,51+,52+,53+,54-,55+,56+,57+,58-/m1/s1.